The highest BCUT2D eigenvalue weighted by molar-refractivity contribution is 4.89. The van der Waals surface area contributed by atoms with E-state index in [1.54, 1.807) is 0 Å². The summed E-state index contributed by atoms with van der Waals surface area (Å²) in [5, 5.41) is 0. The lowest BCUT2D eigenvalue weighted by atomic mass is 9.68. The summed E-state index contributed by atoms with van der Waals surface area (Å²) in [4.78, 5) is 2.58. The van der Waals surface area contributed by atoms with Crippen molar-refractivity contribution in [3.8, 4) is 0 Å². The number of nitrogens with zero attached hydrogens (tertiary/aromatic N) is 1. The molecule has 3 heteroatoms. The van der Waals surface area contributed by atoms with E-state index in [-0.39, 0.29) is 5.79 Å². The first kappa shape index (κ1) is 20.2. The van der Waals surface area contributed by atoms with Gasteiger partial charge in [-0.25, -0.2) is 0 Å². The number of ether oxygens (including phenoxy) is 2. The van der Waals surface area contributed by atoms with Gasteiger partial charge in [0.05, 0.1) is 12.7 Å². The maximum atomic E-state index is 6.44. The van der Waals surface area contributed by atoms with Gasteiger partial charge in [0.1, 0.15) is 0 Å². The molecule has 1 saturated carbocycles. The van der Waals surface area contributed by atoms with Crippen LogP contribution in [0.15, 0.2) is 0 Å². The maximum Gasteiger partial charge on any atom is 0.168 e. The second-order valence-corrected chi connectivity index (χ2v) is 8.71. The predicted octanol–water partition coefficient (Wildman–Crippen LogP) is 5.24. The van der Waals surface area contributed by atoms with E-state index in [1.807, 2.05) is 0 Å². The summed E-state index contributed by atoms with van der Waals surface area (Å²) in [7, 11) is 0. The molecule has 2 fully saturated rings. The van der Waals surface area contributed by atoms with Gasteiger partial charge in [-0.1, -0.05) is 41.0 Å². The van der Waals surface area contributed by atoms with E-state index in [0.29, 0.717) is 11.5 Å². The Balaban J connectivity index is 1.77. The SMILES string of the molecule is CCCN(CCC)CCC1COC2(CCC(C(C)(C)CC)CC2)O1. The van der Waals surface area contributed by atoms with Crippen molar-refractivity contribution in [3.05, 3.63) is 0 Å². The monoisotopic (exact) mass is 339 g/mol. The molecule has 0 aromatic heterocycles. The summed E-state index contributed by atoms with van der Waals surface area (Å²) in [6, 6.07) is 0. The Labute approximate surface area is 150 Å². The van der Waals surface area contributed by atoms with Gasteiger partial charge in [-0.15, -0.1) is 0 Å². The van der Waals surface area contributed by atoms with Gasteiger partial charge in [-0.2, -0.15) is 0 Å². The van der Waals surface area contributed by atoms with Crippen LogP contribution >= 0.6 is 0 Å². The molecule has 1 aliphatic heterocycles. The Morgan fingerprint density at radius 1 is 1.00 bits per heavy atom. The van der Waals surface area contributed by atoms with E-state index in [4.69, 9.17) is 9.47 Å². The quantitative estimate of drug-likeness (QED) is 0.573. The molecular weight excluding hydrogens is 298 g/mol. The fourth-order valence-corrected chi connectivity index (χ4v) is 4.44. The minimum Gasteiger partial charge on any atom is -0.347 e. The first-order valence-electron chi connectivity index (χ1n) is 10.5. The molecule has 1 aliphatic carbocycles. The maximum absolute atomic E-state index is 6.44. The highest BCUT2D eigenvalue weighted by atomic mass is 16.7. The standard InChI is InChI=1S/C21H41NO2/c1-6-14-22(15-7-2)16-11-19-17-23-21(24-19)12-9-18(10-13-21)20(4,5)8-3/h18-19H,6-17H2,1-5H3. The summed E-state index contributed by atoms with van der Waals surface area (Å²) in [6.45, 7) is 16.1. The van der Waals surface area contributed by atoms with Gasteiger partial charge in [0, 0.05) is 19.4 Å². The molecule has 3 nitrogen and oxygen atoms in total. The topological polar surface area (TPSA) is 21.7 Å². The molecule has 0 radical (unpaired) electrons. The molecule has 2 rings (SSSR count). The lowest BCUT2D eigenvalue weighted by Gasteiger charge is -2.42. The summed E-state index contributed by atoms with van der Waals surface area (Å²) < 4.78 is 12.6. The molecule has 0 aromatic carbocycles. The Kier molecular flexibility index (Phi) is 7.58. The molecule has 1 unspecified atom stereocenters. The zero-order valence-electron chi connectivity index (χ0n) is 16.9. The van der Waals surface area contributed by atoms with Crippen LogP contribution in [-0.4, -0.2) is 43.0 Å². The van der Waals surface area contributed by atoms with Crippen LogP contribution in [-0.2, 0) is 9.47 Å². The van der Waals surface area contributed by atoms with Crippen LogP contribution in [0.3, 0.4) is 0 Å². The Morgan fingerprint density at radius 3 is 2.17 bits per heavy atom. The highest BCUT2D eigenvalue weighted by Gasteiger charge is 2.46. The van der Waals surface area contributed by atoms with Crippen LogP contribution in [0.1, 0.15) is 86.0 Å². The number of rotatable bonds is 9. The summed E-state index contributed by atoms with van der Waals surface area (Å²) in [5.74, 6) is 0.578. The second-order valence-electron chi connectivity index (χ2n) is 8.71. The predicted molar refractivity (Wildman–Crippen MR) is 101 cm³/mol. The van der Waals surface area contributed by atoms with Crippen molar-refractivity contribution >= 4 is 0 Å². The fourth-order valence-electron chi connectivity index (χ4n) is 4.44. The van der Waals surface area contributed by atoms with Crippen molar-refractivity contribution in [2.45, 2.75) is 97.9 Å². The van der Waals surface area contributed by atoms with Crippen molar-refractivity contribution in [2.24, 2.45) is 11.3 Å². The van der Waals surface area contributed by atoms with Crippen LogP contribution in [0, 0.1) is 11.3 Å². The third kappa shape index (κ3) is 5.19. The van der Waals surface area contributed by atoms with Crippen molar-refractivity contribution < 1.29 is 9.47 Å². The van der Waals surface area contributed by atoms with E-state index >= 15 is 0 Å². The van der Waals surface area contributed by atoms with Crippen molar-refractivity contribution in [1.82, 2.24) is 4.90 Å². The lowest BCUT2D eigenvalue weighted by Crippen LogP contribution is -2.39. The Hall–Kier alpha value is -0.120. The average molecular weight is 340 g/mol. The zero-order chi connectivity index (χ0) is 17.6. The van der Waals surface area contributed by atoms with Crippen molar-refractivity contribution in [1.29, 1.82) is 0 Å². The van der Waals surface area contributed by atoms with Crippen LogP contribution in [0.2, 0.25) is 0 Å². The minimum absolute atomic E-state index is 0.245. The molecular formula is C21H41NO2. The molecule has 0 aromatic rings. The van der Waals surface area contributed by atoms with Gasteiger partial charge in [0.25, 0.3) is 0 Å². The van der Waals surface area contributed by atoms with E-state index in [0.717, 1.165) is 38.3 Å². The molecule has 0 amide bonds. The van der Waals surface area contributed by atoms with E-state index < -0.39 is 0 Å². The summed E-state index contributed by atoms with van der Waals surface area (Å²) in [6.07, 6.45) is 9.84. The average Bonchev–Trinajstić information content (AvgIpc) is 2.96. The fraction of sp³-hybridized carbons (Fsp3) is 1.00. The van der Waals surface area contributed by atoms with Gasteiger partial charge < -0.3 is 14.4 Å². The molecule has 1 heterocycles. The zero-order valence-corrected chi connectivity index (χ0v) is 16.9. The van der Waals surface area contributed by atoms with Crippen LogP contribution in [0.4, 0.5) is 0 Å². The summed E-state index contributed by atoms with van der Waals surface area (Å²) in [5.41, 5.74) is 0.459. The molecule has 1 spiro atoms. The van der Waals surface area contributed by atoms with Crippen LogP contribution in [0.25, 0.3) is 0 Å². The minimum atomic E-state index is -0.245. The smallest absolute Gasteiger partial charge is 0.168 e. The normalized spacial score (nSPS) is 31.2. The van der Waals surface area contributed by atoms with Crippen molar-refractivity contribution in [3.63, 3.8) is 0 Å². The molecule has 1 atom stereocenters. The van der Waals surface area contributed by atoms with E-state index in [1.165, 1.54) is 45.2 Å². The van der Waals surface area contributed by atoms with Gasteiger partial charge in [0.15, 0.2) is 5.79 Å². The van der Waals surface area contributed by atoms with E-state index in [2.05, 4.69) is 39.5 Å². The van der Waals surface area contributed by atoms with Gasteiger partial charge in [0.2, 0.25) is 0 Å². The summed E-state index contributed by atoms with van der Waals surface area (Å²) >= 11 is 0. The van der Waals surface area contributed by atoms with Crippen LogP contribution in [0.5, 0.6) is 0 Å². The molecule has 142 valence electrons. The van der Waals surface area contributed by atoms with E-state index in [9.17, 15) is 0 Å². The molecule has 1 saturated heterocycles. The second kappa shape index (κ2) is 9.00. The lowest BCUT2D eigenvalue weighted by molar-refractivity contribution is -0.197. The van der Waals surface area contributed by atoms with Gasteiger partial charge in [-0.05, 0) is 56.5 Å². The van der Waals surface area contributed by atoms with Crippen molar-refractivity contribution in [2.75, 3.05) is 26.2 Å². The molecule has 0 N–H and O–H groups in total. The largest absolute Gasteiger partial charge is 0.347 e. The molecule has 0 bridgehead atoms. The van der Waals surface area contributed by atoms with Gasteiger partial charge in [-0.3, -0.25) is 0 Å². The first-order valence-corrected chi connectivity index (χ1v) is 10.5. The Bertz CT molecular complexity index is 355. The molecule has 2 aliphatic rings. The van der Waals surface area contributed by atoms with Gasteiger partial charge >= 0.3 is 0 Å². The highest BCUT2D eigenvalue weighted by Crippen LogP contribution is 2.47. The molecule has 24 heavy (non-hydrogen) atoms. The number of hydrogen-bond acceptors (Lipinski definition) is 3. The third-order valence-corrected chi connectivity index (χ3v) is 6.52. The number of hydrogen-bond donors (Lipinski definition) is 0. The first-order chi connectivity index (χ1) is 11.4. The Morgan fingerprint density at radius 2 is 1.62 bits per heavy atom. The van der Waals surface area contributed by atoms with Crippen LogP contribution < -0.4 is 0 Å². The third-order valence-electron chi connectivity index (χ3n) is 6.52.